The maximum Gasteiger partial charge on any atom is 0.244 e. The normalized spacial score (nSPS) is 10.5. The van der Waals surface area contributed by atoms with Crippen LogP contribution in [-0.2, 0) is 15.3 Å². The molecule has 1 aromatic heterocycles. The first-order chi connectivity index (χ1) is 13.5. The molecule has 2 rings (SSSR count). The van der Waals surface area contributed by atoms with Crippen molar-refractivity contribution >= 4 is 52.5 Å². The van der Waals surface area contributed by atoms with Crippen LogP contribution in [0.4, 0.5) is 5.69 Å². The Hall–Kier alpha value is -1.76. The SMILES string of the molecule is CCCN(CC(=O)Nc1cc(Cl)ccc1Cl)C(=O)CCSCc1ccccn1. The highest BCUT2D eigenvalue weighted by Gasteiger charge is 2.17. The monoisotopic (exact) mass is 439 g/mol. The highest BCUT2D eigenvalue weighted by atomic mass is 35.5. The van der Waals surface area contributed by atoms with Gasteiger partial charge in [-0.3, -0.25) is 14.6 Å². The van der Waals surface area contributed by atoms with Gasteiger partial charge in [0.25, 0.3) is 0 Å². The van der Waals surface area contributed by atoms with Gasteiger partial charge in [-0.15, -0.1) is 0 Å². The summed E-state index contributed by atoms with van der Waals surface area (Å²) in [6, 6.07) is 10.6. The number of rotatable bonds is 10. The van der Waals surface area contributed by atoms with E-state index in [4.69, 9.17) is 23.2 Å². The first kappa shape index (κ1) is 22.5. The molecule has 1 aromatic carbocycles. The summed E-state index contributed by atoms with van der Waals surface area (Å²) in [4.78, 5) is 30.7. The zero-order valence-electron chi connectivity index (χ0n) is 15.7. The maximum absolute atomic E-state index is 12.5. The number of thioether (sulfide) groups is 1. The smallest absolute Gasteiger partial charge is 0.244 e. The molecule has 0 radical (unpaired) electrons. The summed E-state index contributed by atoms with van der Waals surface area (Å²) in [6.07, 6.45) is 2.91. The maximum atomic E-state index is 12.5. The zero-order chi connectivity index (χ0) is 20.4. The van der Waals surface area contributed by atoms with Gasteiger partial charge in [0.2, 0.25) is 11.8 Å². The molecule has 8 heteroatoms. The predicted octanol–water partition coefficient (Wildman–Crippen LogP) is 4.89. The molecule has 0 aliphatic carbocycles. The highest BCUT2D eigenvalue weighted by molar-refractivity contribution is 7.98. The number of aromatic nitrogens is 1. The molecular formula is C20H23Cl2N3O2S. The molecule has 0 aliphatic rings. The number of pyridine rings is 1. The zero-order valence-corrected chi connectivity index (χ0v) is 18.0. The van der Waals surface area contributed by atoms with Crippen LogP contribution in [0.3, 0.4) is 0 Å². The second kappa shape index (κ2) is 11.9. The van der Waals surface area contributed by atoms with E-state index in [1.807, 2.05) is 25.1 Å². The van der Waals surface area contributed by atoms with Crippen molar-refractivity contribution < 1.29 is 9.59 Å². The van der Waals surface area contributed by atoms with E-state index in [0.29, 0.717) is 34.5 Å². The first-order valence-corrected chi connectivity index (χ1v) is 10.9. The molecule has 0 spiro atoms. The number of hydrogen-bond donors (Lipinski definition) is 1. The summed E-state index contributed by atoms with van der Waals surface area (Å²) in [5.41, 5.74) is 1.43. The fraction of sp³-hybridized carbons (Fsp3) is 0.350. The van der Waals surface area contributed by atoms with Crippen molar-refractivity contribution in [3.63, 3.8) is 0 Å². The number of amides is 2. The van der Waals surface area contributed by atoms with Crippen molar-refractivity contribution in [1.29, 1.82) is 0 Å². The van der Waals surface area contributed by atoms with Crippen LogP contribution in [0.15, 0.2) is 42.6 Å². The molecule has 2 amide bonds. The summed E-state index contributed by atoms with van der Waals surface area (Å²) in [5.74, 6) is 1.10. The van der Waals surface area contributed by atoms with E-state index in [1.54, 1.807) is 41.1 Å². The molecule has 5 nitrogen and oxygen atoms in total. The Morgan fingerprint density at radius 2 is 2.04 bits per heavy atom. The molecule has 28 heavy (non-hydrogen) atoms. The fourth-order valence-electron chi connectivity index (χ4n) is 2.50. The Morgan fingerprint density at radius 1 is 1.21 bits per heavy atom. The van der Waals surface area contributed by atoms with E-state index >= 15 is 0 Å². The molecule has 2 aromatic rings. The summed E-state index contributed by atoms with van der Waals surface area (Å²) < 4.78 is 0. The Bertz CT molecular complexity index is 790. The lowest BCUT2D eigenvalue weighted by Gasteiger charge is -2.22. The van der Waals surface area contributed by atoms with E-state index in [0.717, 1.165) is 17.9 Å². The lowest BCUT2D eigenvalue weighted by Crippen LogP contribution is -2.38. The van der Waals surface area contributed by atoms with Gasteiger partial charge in [0.05, 0.1) is 22.9 Å². The summed E-state index contributed by atoms with van der Waals surface area (Å²) in [6.45, 7) is 2.49. The fourth-order valence-corrected chi connectivity index (χ4v) is 3.68. The van der Waals surface area contributed by atoms with Crippen molar-refractivity contribution in [2.24, 2.45) is 0 Å². The van der Waals surface area contributed by atoms with Crippen LogP contribution in [0.1, 0.15) is 25.5 Å². The lowest BCUT2D eigenvalue weighted by atomic mass is 10.3. The average molecular weight is 440 g/mol. The van der Waals surface area contributed by atoms with Crippen LogP contribution < -0.4 is 5.32 Å². The predicted molar refractivity (Wildman–Crippen MR) is 117 cm³/mol. The van der Waals surface area contributed by atoms with E-state index in [-0.39, 0.29) is 18.4 Å². The van der Waals surface area contributed by atoms with E-state index in [9.17, 15) is 9.59 Å². The Kier molecular flexibility index (Phi) is 9.61. The number of carbonyl (C=O) groups is 2. The minimum absolute atomic E-state index is 0.0135. The second-order valence-electron chi connectivity index (χ2n) is 6.11. The number of halogens is 2. The van der Waals surface area contributed by atoms with Gasteiger partial charge in [-0.1, -0.05) is 36.2 Å². The molecule has 1 heterocycles. The van der Waals surface area contributed by atoms with Gasteiger partial charge in [0.1, 0.15) is 0 Å². The Morgan fingerprint density at radius 3 is 2.75 bits per heavy atom. The number of benzene rings is 1. The van der Waals surface area contributed by atoms with Crippen LogP contribution >= 0.6 is 35.0 Å². The molecule has 0 saturated carbocycles. The highest BCUT2D eigenvalue weighted by Crippen LogP contribution is 2.25. The van der Waals surface area contributed by atoms with Gasteiger partial charge in [-0.05, 0) is 36.8 Å². The van der Waals surface area contributed by atoms with Gasteiger partial charge in [-0.25, -0.2) is 0 Å². The van der Waals surface area contributed by atoms with Gasteiger partial charge >= 0.3 is 0 Å². The van der Waals surface area contributed by atoms with Gasteiger partial charge in [-0.2, -0.15) is 11.8 Å². The lowest BCUT2D eigenvalue weighted by molar-refractivity contribution is -0.134. The van der Waals surface area contributed by atoms with Crippen molar-refractivity contribution in [3.8, 4) is 0 Å². The number of anilines is 1. The van der Waals surface area contributed by atoms with Crippen LogP contribution in [0, 0.1) is 0 Å². The molecule has 0 fully saturated rings. The summed E-state index contributed by atoms with van der Waals surface area (Å²) in [7, 11) is 0. The van der Waals surface area contributed by atoms with Crippen LogP contribution in [0.5, 0.6) is 0 Å². The average Bonchev–Trinajstić information content (AvgIpc) is 2.68. The molecular weight excluding hydrogens is 417 g/mol. The van der Waals surface area contributed by atoms with E-state index in [1.165, 1.54) is 0 Å². The summed E-state index contributed by atoms with van der Waals surface area (Å²) >= 11 is 13.7. The number of nitrogens with zero attached hydrogens (tertiary/aromatic N) is 2. The largest absolute Gasteiger partial charge is 0.333 e. The Labute approximate surface area is 179 Å². The van der Waals surface area contributed by atoms with Crippen molar-refractivity contribution in [2.75, 3.05) is 24.2 Å². The Balaban J connectivity index is 1.82. The molecule has 0 unspecified atom stereocenters. The summed E-state index contributed by atoms with van der Waals surface area (Å²) in [5, 5.41) is 3.60. The van der Waals surface area contributed by atoms with Gasteiger partial charge in [0, 0.05) is 35.7 Å². The molecule has 150 valence electrons. The molecule has 0 aliphatic heterocycles. The van der Waals surface area contributed by atoms with Crippen molar-refractivity contribution in [2.45, 2.75) is 25.5 Å². The third-order valence-corrected chi connectivity index (χ3v) is 5.38. The standard InChI is InChI=1S/C20H23Cl2N3O2S/c1-2-10-25(13-19(26)24-18-12-15(21)6-7-17(18)22)20(27)8-11-28-14-16-5-3-4-9-23-16/h3-7,9,12H,2,8,10-11,13-14H2,1H3,(H,24,26). The van der Waals surface area contributed by atoms with Gasteiger partial charge in [0.15, 0.2) is 0 Å². The van der Waals surface area contributed by atoms with Crippen molar-refractivity contribution in [3.05, 3.63) is 58.3 Å². The number of carbonyl (C=O) groups excluding carboxylic acids is 2. The number of hydrogen-bond acceptors (Lipinski definition) is 4. The molecule has 1 N–H and O–H groups in total. The second-order valence-corrected chi connectivity index (χ2v) is 8.06. The van der Waals surface area contributed by atoms with Crippen LogP contribution in [0.25, 0.3) is 0 Å². The number of nitrogens with one attached hydrogen (secondary N) is 1. The topological polar surface area (TPSA) is 62.3 Å². The van der Waals surface area contributed by atoms with Crippen molar-refractivity contribution in [1.82, 2.24) is 9.88 Å². The minimum Gasteiger partial charge on any atom is -0.333 e. The third kappa shape index (κ3) is 7.70. The molecule has 0 saturated heterocycles. The molecule has 0 atom stereocenters. The van der Waals surface area contributed by atoms with E-state index in [2.05, 4.69) is 10.3 Å². The van der Waals surface area contributed by atoms with Crippen LogP contribution in [0.2, 0.25) is 10.0 Å². The van der Waals surface area contributed by atoms with E-state index < -0.39 is 0 Å². The van der Waals surface area contributed by atoms with Gasteiger partial charge < -0.3 is 10.2 Å². The third-order valence-electron chi connectivity index (χ3n) is 3.82. The van der Waals surface area contributed by atoms with Crippen LogP contribution in [-0.4, -0.2) is 40.5 Å². The molecule has 0 bridgehead atoms. The first-order valence-electron chi connectivity index (χ1n) is 9.00. The minimum atomic E-state index is -0.299. The quantitative estimate of drug-likeness (QED) is 0.535.